The van der Waals surface area contributed by atoms with Gasteiger partial charge in [0.1, 0.15) is 0 Å². The highest BCUT2D eigenvalue weighted by Gasteiger charge is 2.53. The average molecular weight is 405 g/mol. The van der Waals surface area contributed by atoms with Crippen molar-refractivity contribution in [1.82, 2.24) is 5.32 Å². The predicted molar refractivity (Wildman–Crippen MR) is 107 cm³/mol. The second-order valence-corrected chi connectivity index (χ2v) is 8.56. The number of carbonyl (C=O) groups is 1. The molecule has 2 bridgehead atoms. The van der Waals surface area contributed by atoms with Crippen molar-refractivity contribution in [3.05, 3.63) is 59.7 Å². The summed E-state index contributed by atoms with van der Waals surface area (Å²) in [7, 11) is 0. The van der Waals surface area contributed by atoms with Gasteiger partial charge in [-0.3, -0.25) is 0 Å². The fourth-order valence-corrected chi connectivity index (χ4v) is 4.60. The number of rotatable bonds is 1. The molecule has 0 radical (unpaired) electrons. The van der Waals surface area contributed by atoms with Crippen LogP contribution in [0, 0.1) is 5.41 Å². The van der Waals surface area contributed by atoms with Crippen LogP contribution in [0.2, 0.25) is 0 Å². The van der Waals surface area contributed by atoms with Crippen LogP contribution in [-0.4, -0.2) is 29.8 Å². The Hall–Kier alpha value is -2.34. The van der Waals surface area contributed by atoms with Crippen molar-refractivity contribution in [2.75, 3.05) is 6.54 Å². The van der Waals surface area contributed by atoms with Gasteiger partial charge in [-0.2, -0.15) is 13.2 Å². The summed E-state index contributed by atoms with van der Waals surface area (Å²) in [6.45, 7) is 8.50. The van der Waals surface area contributed by atoms with E-state index in [0.717, 1.165) is 13.0 Å². The smallest absolute Gasteiger partial charge is 0.475 e. The Morgan fingerprint density at radius 2 is 1.69 bits per heavy atom. The summed E-state index contributed by atoms with van der Waals surface area (Å²) in [6.07, 6.45) is -2.70. The number of hydrogen-bond donors (Lipinski definition) is 2. The standard InChI is InChI=1S/C21H25N.C2HF3O2/c1-20(2)19-14-17-13-16(15-7-5-4-6-8-15)9-10-18(17)21(20,3)11-12-22-19;3-2(4,5)1(6)7/h4-10,13,19,22H,11-12,14H2,1-3H3;(H,6,7). The van der Waals surface area contributed by atoms with Gasteiger partial charge in [-0.15, -0.1) is 0 Å². The minimum atomic E-state index is -5.08. The highest BCUT2D eigenvalue weighted by atomic mass is 19.4. The van der Waals surface area contributed by atoms with Crippen LogP contribution in [0.3, 0.4) is 0 Å². The van der Waals surface area contributed by atoms with E-state index in [2.05, 4.69) is 74.6 Å². The largest absolute Gasteiger partial charge is 0.490 e. The lowest BCUT2D eigenvalue weighted by molar-refractivity contribution is -0.192. The first kappa shape index (κ1) is 21.4. The van der Waals surface area contributed by atoms with Gasteiger partial charge in [-0.1, -0.05) is 69.3 Å². The molecule has 1 fully saturated rings. The van der Waals surface area contributed by atoms with Crippen LogP contribution in [0.25, 0.3) is 11.1 Å². The van der Waals surface area contributed by atoms with E-state index in [-0.39, 0.29) is 5.41 Å². The molecule has 1 aliphatic carbocycles. The molecule has 6 heteroatoms. The zero-order valence-corrected chi connectivity index (χ0v) is 16.8. The molecule has 1 heterocycles. The van der Waals surface area contributed by atoms with E-state index in [4.69, 9.17) is 9.90 Å². The molecule has 29 heavy (non-hydrogen) atoms. The molecule has 2 unspecified atom stereocenters. The molecule has 2 atom stereocenters. The van der Waals surface area contributed by atoms with Gasteiger partial charge in [-0.25, -0.2) is 4.79 Å². The fourth-order valence-electron chi connectivity index (χ4n) is 4.60. The van der Waals surface area contributed by atoms with E-state index in [9.17, 15) is 13.2 Å². The Morgan fingerprint density at radius 3 is 2.28 bits per heavy atom. The Labute approximate surface area is 168 Å². The van der Waals surface area contributed by atoms with Gasteiger partial charge in [0.05, 0.1) is 0 Å². The summed E-state index contributed by atoms with van der Waals surface area (Å²) in [5.41, 5.74) is 6.38. The average Bonchev–Trinajstić information content (AvgIpc) is 2.64. The molecule has 156 valence electrons. The maximum atomic E-state index is 10.6. The maximum absolute atomic E-state index is 10.6. The molecule has 0 amide bonds. The Bertz CT molecular complexity index is 893. The first-order valence-electron chi connectivity index (χ1n) is 9.69. The van der Waals surface area contributed by atoms with Crippen LogP contribution in [0.4, 0.5) is 13.2 Å². The van der Waals surface area contributed by atoms with E-state index >= 15 is 0 Å². The van der Waals surface area contributed by atoms with Gasteiger partial charge in [0, 0.05) is 11.5 Å². The highest BCUT2D eigenvalue weighted by molar-refractivity contribution is 5.73. The highest BCUT2D eigenvalue weighted by Crippen LogP contribution is 2.53. The van der Waals surface area contributed by atoms with E-state index < -0.39 is 12.1 Å². The van der Waals surface area contributed by atoms with Gasteiger partial charge in [-0.05, 0) is 47.1 Å². The second kappa shape index (κ2) is 7.48. The third kappa shape index (κ3) is 3.90. The summed E-state index contributed by atoms with van der Waals surface area (Å²) in [5.74, 6) is -2.76. The Morgan fingerprint density at radius 1 is 1.07 bits per heavy atom. The van der Waals surface area contributed by atoms with Gasteiger partial charge in [0.2, 0.25) is 0 Å². The zero-order valence-electron chi connectivity index (χ0n) is 16.8. The molecular formula is C23H26F3NO2. The molecule has 2 N–H and O–H groups in total. The van der Waals surface area contributed by atoms with Gasteiger partial charge in [0.25, 0.3) is 0 Å². The van der Waals surface area contributed by atoms with Crippen molar-refractivity contribution in [2.24, 2.45) is 5.41 Å². The van der Waals surface area contributed by atoms with Gasteiger partial charge >= 0.3 is 12.1 Å². The third-order valence-corrected chi connectivity index (χ3v) is 6.78. The normalized spacial score (nSPS) is 24.7. The lowest BCUT2D eigenvalue weighted by Crippen LogP contribution is -2.62. The number of halogens is 3. The topological polar surface area (TPSA) is 49.3 Å². The zero-order chi connectivity index (χ0) is 21.4. The lowest BCUT2D eigenvalue weighted by atomic mass is 9.51. The predicted octanol–water partition coefficient (Wildman–Crippen LogP) is 5.19. The van der Waals surface area contributed by atoms with E-state index in [1.165, 1.54) is 17.5 Å². The SMILES string of the molecule is CC12CCNC(Cc3cc(-c4ccccc4)ccc31)C2(C)C.O=C(O)C(F)(F)F. The third-order valence-electron chi connectivity index (χ3n) is 6.78. The molecule has 0 spiro atoms. The second-order valence-electron chi connectivity index (χ2n) is 8.56. The van der Waals surface area contributed by atoms with Crippen molar-refractivity contribution >= 4 is 5.97 Å². The first-order chi connectivity index (χ1) is 13.5. The Balaban J connectivity index is 0.000000298. The van der Waals surface area contributed by atoms with Crippen LogP contribution in [0.5, 0.6) is 0 Å². The number of nitrogens with one attached hydrogen (secondary N) is 1. The summed E-state index contributed by atoms with van der Waals surface area (Å²) in [5, 5.41) is 10.9. The summed E-state index contributed by atoms with van der Waals surface area (Å²) >= 11 is 0. The number of benzene rings is 2. The van der Waals surface area contributed by atoms with Crippen LogP contribution in [0.15, 0.2) is 48.5 Å². The van der Waals surface area contributed by atoms with Crippen LogP contribution in [0.1, 0.15) is 38.3 Å². The molecule has 2 aromatic carbocycles. The minimum Gasteiger partial charge on any atom is -0.475 e. The molecule has 1 saturated heterocycles. The number of piperidine rings is 1. The van der Waals surface area contributed by atoms with Crippen LogP contribution < -0.4 is 5.32 Å². The van der Waals surface area contributed by atoms with Crippen LogP contribution >= 0.6 is 0 Å². The summed E-state index contributed by atoms with van der Waals surface area (Å²) in [4.78, 5) is 8.90. The van der Waals surface area contributed by atoms with Crippen molar-refractivity contribution in [1.29, 1.82) is 0 Å². The van der Waals surface area contributed by atoms with Crippen LogP contribution in [-0.2, 0) is 16.6 Å². The quantitative estimate of drug-likeness (QED) is 0.687. The van der Waals surface area contributed by atoms with Gasteiger partial charge < -0.3 is 10.4 Å². The van der Waals surface area contributed by atoms with Crippen molar-refractivity contribution < 1.29 is 23.1 Å². The van der Waals surface area contributed by atoms with E-state index in [0.29, 0.717) is 11.5 Å². The molecule has 4 rings (SSSR count). The molecule has 2 aromatic rings. The van der Waals surface area contributed by atoms with Crippen molar-refractivity contribution in [3.63, 3.8) is 0 Å². The Kier molecular flexibility index (Phi) is 5.52. The molecule has 3 nitrogen and oxygen atoms in total. The number of alkyl halides is 3. The van der Waals surface area contributed by atoms with E-state index in [1.807, 2.05) is 0 Å². The fraction of sp³-hybridized carbons (Fsp3) is 0.435. The van der Waals surface area contributed by atoms with Crippen molar-refractivity contribution in [2.45, 2.75) is 51.2 Å². The molecule has 0 saturated carbocycles. The minimum absolute atomic E-state index is 0.283. The lowest BCUT2D eigenvalue weighted by Gasteiger charge is -2.57. The number of fused-ring (bicyclic) bond motifs is 4. The number of hydrogen-bond acceptors (Lipinski definition) is 2. The summed E-state index contributed by atoms with van der Waals surface area (Å²) in [6, 6.07) is 18.5. The molecule has 0 aromatic heterocycles. The molecule has 1 aliphatic heterocycles. The van der Waals surface area contributed by atoms with E-state index in [1.54, 1.807) is 11.1 Å². The van der Waals surface area contributed by atoms with Crippen molar-refractivity contribution in [3.8, 4) is 11.1 Å². The molecular weight excluding hydrogens is 379 g/mol. The number of carboxylic acids is 1. The first-order valence-corrected chi connectivity index (χ1v) is 9.69. The number of aliphatic carboxylic acids is 1. The number of carboxylic acid groups (broad SMARTS) is 1. The monoisotopic (exact) mass is 405 g/mol. The maximum Gasteiger partial charge on any atom is 0.490 e. The summed E-state index contributed by atoms with van der Waals surface area (Å²) < 4.78 is 31.7. The van der Waals surface area contributed by atoms with Gasteiger partial charge in [0.15, 0.2) is 0 Å². The molecule has 2 aliphatic rings.